The minimum atomic E-state index is -4.03. The van der Waals surface area contributed by atoms with Gasteiger partial charge in [0.15, 0.2) is 16.5 Å². The number of nitrogens with zero attached hydrogens (tertiary/aromatic N) is 2. The molecule has 0 spiro atoms. The molecule has 1 aromatic carbocycles. The summed E-state index contributed by atoms with van der Waals surface area (Å²) in [4.78, 5) is 16.8. The highest BCUT2D eigenvalue weighted by Crippen LogP contribution is 2.37. The van der Waals surface area contributed by atoms with Crippen LogP contribution in [-0.2, 0) is 32.3 Å². The van der Waals surface area contributed by atoms with Crippen LogP contribution in [0.15, 0.2) is 35.4 Å². The van der Waals surface area contributed by atoms with Crippen molar-refractivity contribution >= 4 is 21.7 Å². The van der Waals surface area contributed by atoms with Gasteiger partial charge in [0, 0.05) is 19.3 Å². The van der Waals surface area contributed by atoms with E-state index in [4.69, 9.17) is 14.2 Å². The first kappa shape index (κ1) is 25.4. The number of pyridine rings is 1. The number of benzene rings is 1. The maximum atomic E-state index is 13.9. The minimum absolute atomic E-state index is 0.132. The fraction of sp³-hybridized carbons (Fsp3) is 0.538. The third-order valence-corrected chi connectivity index (χ3v) is 8.66. The van der Waals surface area contributed by atoms with Crippen molar-refractivity contribution in [2.75, 3.05) is 31.2 Å². The van der Waals surface area contributed by atoms with Crippen molar-refractivity contribution in [3.05, 3.63) is 47.2 Å². The minimum Gasteiger partial charge on any atom is -0.491 e. The lowest BCUT2D eigenvalue weighted by Crippen LogP contribution is -2.43. The average Bonchev–Trinajstić information content (AvgIpc) is 2.90. The second kappa shape index (κ2) is 11.0. The summed E-state index contributed by atoms with van der Waals surface area (Å²) in [6.07, 6.45) is 4.86. The third kappa shape index (κ3) is 5.30. The summed E-state index contributed by atoms with van der Waals surface area (Å²) >= 11 is 0. The van der Waals surface area contributed by atoms with Gasteiger partial charge in [0.05, 0.1) is 19.4 Å². The first-order valence-electron chi connectivity index (χ1n) is 12.3. The fourth-order valence-electron chi connectivity index (χ4n) is 4.76. The molecule has 3 heterocycles. The quantitative estimate of drug-likeness (QED) is 0.500. The van der Waals surface area contributed by atoms with Crippen molar-refractivity contribution in [1.29, 1.82) is 0 Å². The predicted octanol–water partition coefficient (Wildman–Crippen LogP) is 4.16. The van der Waals surface area contributed by atoms with E-state index in [-0.39, 0.29) is 22.5 Å². The van der Waals surface area contributed by atoms with Crippen molar-refractivity contribution in [2.24, 2.45) is 5.92 Å². The van der Waals surface area contributed by atoms with Crippen LogP contribution in [0.25, 0.3) is 0 Å². The van der Waals surface area contributed by atoms with Crippen LogP contribution in [0, 0.1) is 5.92 Å². The van der Waals surface area contributed by atoms with Crippen LogP contribution >= 0.6 is 0 Å². The Kier molecular flexibility index (Phi) is 7.96. The summed E-state index contributed by atoms with van der Waals surface area (Å²) in [6, 6.07) is 8.69. The number of esters is 1. The lowest BCUT2D eigenvalue weighted by molar-refractivity contribution is 0.0480. The van der Waals surface area contributed by atoms with Crippen molar-refractivity contribution in [3.8, 4) is 5.75 Å². The van der Waals surface area contributed by atoms with Gasteiger partial charge in [0.1, 0.15) is 0 Å². The van der Waals surface area contributed by atoms with Gasteiger partial charge in [-0.05, 0) is 73.8 Å². The molecule has 0 aliphatic carbocycles. The van der Waals surface area contributed by atoms with Gasteiger partial charge in [0.25, 0.3) is 10.0 Å². The number of carbonyl (C=O) groups excluding carboxylic acids is 1. The maximum Gasteiger partial charge on any atom is 0.360 e. The smallest absolute Gasteiger partial charge is 0.360 e. The molecule has 2 aliphatic rings. The summed E-state index contributed by atoms with van der Waals surface area (Å²) in [6.45, 7) is 5.83. The number of ether oxygens (including phenoxy) is 3. The molecule has 1 unspecified atom stereocenters. The standard InChI is InChI=1S/C26H34N2O6S/c1-4-18-6-9-22-20(16-18)7-8-21(5-2)28(22)35(30,31)24-11-10-23(25(27-24)26(29)32-3)34-17-19-12-14-33-15-13-19/h6,9-11,16,19,21H,4-5,7-8,12-15,17H2,1-3H3. The first-order valence-corrected chi connectivity index (χ1v) is 13.8. The molecule has 0 radical (unpaired) electrons. The summed E-state index contributed by atoms with van der Waals surface area (Å²) in [5.41, 5.74) is 2.74. The van der Waals surface area contributed by atoms with E-state index >= 15 is 0 Å². The number of methoxy groups -OCH3 is 1. The molecule has 4 rings (SSSR count). The highest BCUT2D eigenvalue weighted by molar-refractivity contribution is 7.92. The number of hydrogen-bond donors (Lipinski definition) is 0. The van der Waals surface area contributed by atoms with Crippen LogP contribution < -0.4 is 9.04 Å². The monoisotopic (exact) mass is 502 g/mol. The molecule has 35 heavy (non-hydrogen) atoms. The van der Waals surface area contributed by atoms with Crippen molar-refractivity contribution in [1.82, 2.24) is 4.98 Å². The maximum absolute atomic E-state index is 13.9. The van der Waals surface area contributed by atoms with Crippen molar-refractivity contribution in [3.63, 3.8) is 0 Å². The van der Waals surface area contributed by atoms with Gasteiger partial charge in [-0.1, -0.05) is 26.0 Å². The molecule has 1 aromatic heterocycles. The van der Waals surface area contributed by atoms with E-state index in [1.807, 2.05) is 19.1 Å². The average molecular weight is 503 g/mol. The molecule has 190 valence electrons. The molecule has 1 fully saturated rings. The Morgan fingerprint density at radius 3 is 2.60 bits per heavy atom. The lowest BCUT2D eigenvalue weighted by Gasteiger charge is -2.37. The predicted molar refractivity (Wildman–Crippen MR) is 132 cm³/mol. The zero-order chi connectivity index (χ0) is 25.0. The van der Waals surface area contributed by atoms with Crippen LogP contribution in [0.5, 0.6) is 5.75 Å². The fourth-order valence-corrected chi connectivity index (χ4v) is 6.49. The van der Waals surface area contributed by atoms with Crippen LogP contribution in [-0.4, -0.2) is 52.3 Å². The van der Waals surface area contributed by atoms with E-state index in [1.54, 1.807) is 0 Å². The lowest BCUT2D eigenvalue weighted by atomic mass is 9.94. The van der Waals surface area contributed by atoms with Crippen molar-refractivity contribution in [2.45, 2.75) is 63.4 Å². The highest BCUT2D eigenvalue weighted by atomic mass is 32.2. The number of rotatable bonds is 8. The van der Waals surface area contributed by atoms with E-state index < -0.39 is 16.0 Å². The van der Waals surface area contributed by atoms with Crippen LogP contribution in [0.1, 0.15) is 61.1 Å². The number of anilines is 1. The molecule has 0 saturated carbocycles. The summed E-state index contributed by atoms with van der Waals surface area (Å²) in [5, 5.41) is -0.192. The molecule has 0 N–H and O–H groups in total. The Hall–Kier alpha value is -2.65. The van der Waals surface area contributed by atoms with Crippen LogP contribution in [0.3, 0.4) is 0 Å². The first-order chi connectivity index (χ1) is 16.9. The van der Waals surface area contributed by atoms with Gasteiger partial charge in [-0.25, -0.2) is 9.78 Å². The molecule has 1 atom stereocenters. The normalized spacial score (nSPS) is 18.7. The number of hydrogen-bond acceptors (Lipinski definition) is 7. The second-order valence-corrected chi connectivity index (χ2v) is 10.8. The largest absolute Gasteiger partial charge is 0.491 e. The molecule has 2 aromatic rings. The van der Waals surface area contributed by atoms with E-state index in [0.29, 0.717) is 37.8 Å². The summed E-state index contributed by atoms with van der Waals surface area (Å²) in [5.74, 6) is -0.204. The van der Waals surface area contributed by atoms with Crippen LogP contribution in [0.2, 0.25) is 0 Å². The molecular formula is C26H34N2O6S. The number of aromatic nitrogens is 1. The van der Waals surface area contributed by atoms with E-state index in [0.717, 1.165) is 37.7 Å². The number of aryl methyl sites for hydroxylation is 2. The Labute approximate surface area is 207 Å². The Bertz CT molecular complexity index is 1160. The zero-order valence-corrected chi connectivity index (χ0v) is 21.5. The van der Waals surface area contributed by atoms with Crippen molar-refractivity contribution < 1.29 is 27.4 Å². The van der Waals surface area contributed by atoms with E-state index in [2.05, 4.69) is 18.0 Å². The Morgan fingerprint density at radius 2 is 1.91 bits per heavy atom. The molecule has 2 aliphatic heterocycles. The molecule has 8 nitrogen and oxygen atoms in total. The van der Waals surface area contributed by atoms with Crippen LogP contribution in [0.4, 0.5) is 5.69 Å². The zero-order valence-electron chi connectivity index (χ0n) is 20.7. The highest BCUT2D eigenvalue weighted by Gasteiger charge is 2.37. The molecule has 9 heteroatoms. The Morgan fingerprint density at radius 1 is 1.14 bits per heavy atom. The van der Waals surface area contributed by atoms with Gasteiger partial charge >= 0.3 is 5.97 Å². The van der Waals surface area contributed by atoms with Gasteiger partial charge in [-0.15, -0.1) is 0 Å². The summed E-state index contributed by atoms with van der Waals surface area (Å²) < 4.78 is 45.5. The second-order valence-electron chi connectivity index (χ2n) is 9.07. The topological polar surface area (TPSA) is 95.0 Å². The molecule has 0 amide bonds. The number of fused-ring (bicyclic) bond motifs is 1. The summed E-state index contributed by atoms with van der Waals surface area (Å²) in [7, 11) is -2.79. The van der Waals surface area contributed by atoms with Gasteiger partial charge in [-0.2, -0.15) is 8.42 Å². The van der Waals surface area contributed by atoms with E-state index in [1.165, 1.54) is 29.1 Å². The molecule has 1 saturated heterocycles. The number of carbonyl (C=O) groups is 1. The molecule has 0 bridgehead atoms. The SMILES string of the molecule is CCc1ccc2c(c1)CCC(CC)N2S(=O)(=O)c1ccc(OCC2CCOCC2)c(C(=O)OC)n1. The Balaban J connectivity index is 1.69. The number of sulfonamides is 1. The third-order valence-electron chi connectivity index (χ3n) is 6.89. The van der Waals surface area contributed by atoms with Gasteiger partial charge < -0.3 is 14.2 Å². The molecular weight excluding hydrogens is 468 g/mol. The van der Waals surface area contributed by atoms with E-state index in [9.17, 15) is 13.2 Å². The van der Waals surface area contributed by atoms with Gasteiger partial charge in [-0.3, -0.25) is 4.31 Å². The van der Waals surface area contributed by atoms with Gasteiger partial charge in [0.2, 0.25) is 0 Å².